The van der Waals surface area contributed by atoms with Crippen LogP contribution in [0.25, 0.3) is 0 Å². The van der Waals surface area contributed by atoms with Gasteiger partial charge < -0.3 is 15.5 Å². The van der Waals surface area contributed by atoms with Crippen LogP contribution in [0.2, 0.25) is 0 Å². The summed E-state index contributed by atoms with van der Waals surface area (Å²) >= 11 is 0. The van der Waals surface area contributed by atoms with Crippen molar-refractivity contribution >= 4 is 11.9 Å². The van der Waals surface area contributed by atoms with E-state index >= 15 is 0 Å². The second-order valence-corrected chi connectivity index (χ2v) is 6.62. The Labute approximate surface area is 158 Å². The molecule has 0 radical (unpaired) electrons. The fourth-order valence-corrected chi connectivity index (χ4v) is 2.55. The quantitative estimate of drug-likeness (QED) is 0.263. The monoisotopic (exact) mass is 367 g/mol. The molecular formula is C21H37NO4. The molecular weight excluding hydrogens is 330 g/mol. The number of aliphatic hydroxyl groups excluding tert-OH is 1. The number of carboxylic acid groups (broad SMARTS) is 1. The van der Waals surface area contributed by atoms with Crippen LogP contribution >= 0.6 is 0 Å². The van der Waals surface area contributed by atoms with Crippen molar-refractivity contribution < 1.29 is 19.8 Å². The molecule has 0 aromatic carbocycles. The molecule has 0 aromatic heterocycles. The Morgan fingerprint density at radius 2 is 1.46 bits per heavy atom. The van der Waals surface area contributed by atoms with Crippen molar-refractivity contribution in [2.24, 2.45) is 0 Å². The molecule has 0 saturated carbocycles. The largest absolute Gasteiger partial charge is 0.480 e. The number of allylic oxidation sites excluding steroid dienone is 4. The molecule has 0 aliphatic rings. The van der Waals surface area contributed by atoms with Crippen LogP contribution in [0, 0.1) is 0 Å². The van der Waals surface area contributed by atoms with Crippen LogP contribution in [0.1, 0.15) is 84.0 Å². The lowest BCUT2D eigenvalue weighted by Gasteiger charge is -2.11. The molecule has 0 rings (SSSR count). The van der Waals surface area contributed by atoms with Gasteiger partial charge in [0.25, 0.3) is 0 Å². The molecule has 0 fully saturated rings. The average molecular weight is 368 g/mol. The third-order valence-corrected chi connectivity index (χ3v) is 4.17. The predicted octanol–water partition coefficient (Wildman–Crippen LogP) is 4.36. The van der Waals surface area contributed by atoms with Crippen molar-refractivity contribution in [1.29, 1.82) is 0 Å². The number of hydrogen-bond donors (Lipinski definition) is 3. The van der Waals surface area contributed by atoms with Gasteiger partial charge in [0.05, 0.1) is 6.61 Å². The van der Waals surface area contributed by atoms with Gasteiger partial charge in [-0.05, 0) is 38.5 Å². The van der Waals surface area contributed by atoms with E-state index in [4.69, 9.17) is 10.2 Å². The number of unbranched alkanes of at least 4 members (excludes halogenated alkanes) is 8. The number of carboxylic acids is 1. The number of rotatable bonds is 17. The minimum absolute atomic E-state index is 0.308. The van der Waals surface area contributed by atoms with Crippen molar-refractivity contribution in [3.8, 4) is 0 Å². The molecule has 0 unspecified atom stereocenters. The van der Waals surface area contributed by atoms with Crippen LogP contribution < -0.4 is 5.32 Å². The third-order valence-electron chi connectivity index (χ3n) is 4.17. The first kappa shape index (κ1) is 24.4. The smallest absolute Gasteiger partial charge is 0.328 e. The number of nitrogens with one attached hydrogen (secondary N) is 1. The molecule has 5 nitrogen and oxygen atoms in total. The van der Waals surface area contributed by atoms with Gasteiger partial charge in [-0.3, -0.25) is 4.79 Å². The molecule has 26 heavy (non-hydrogen) atoms. The zero-order chi connectivity index (χ0) is 19.5. The molecule has 150 valence electrons. The highest BCUT2D eigenvalue weighted by atomic mass is 16.4. The molecule has 0 saturated heterocycles. The summed E-state index contributed by atoms with van der Waals surface area (Å²) in [5.74, 6) is -1.52. The third kappa shape index (κ3) is 15.9. The normalized spacial score (nSPS) is 12.7. The van der Waals surface area contributed by atoms with Crippen molar-refractivity contribution in [2.45, 2.75) is 90.0 Å². The van der Waals surface area contributed by atoms with Gasteiger partial charge in [0.15, 0.2) is 0 Å². The lowest BCUT2D eigenvalue weighted by atomic mass is 10.1. The molecule has 0 aromatic rings. The standard InChI is InChI=1S/C21H37NO4/c1-2-3-4-5-6-7-8-9-10-11-12-13-14-15-16-17-20(24)22-19(18-23)21(25)26/h6-7,9-10,19,23H,2-5,8,11-18H2,1H3,(H,22,24)(H,25,26)/t19-/m0/s1. The van der Waals surface area contributed by atoms with Gasteiger partial charge in [-0.1, -0.05) is 63.3 Å². The van der Waals surface area contributed by atoms with Gasteiger partial charge in [0.2, 0.25) is 5.91 Å². The number of aliphatic carboxylic acids is 1. The maximum Gasteiger partial charge on any atom is 0.328 e. The summed E-state index contributed by atoms with van der Waals surface area (Å²) in [5.41, 5.74) is 0. The Balaban J connectivity index is 3.44. The van der Waals surface area contributed by atoms with Gasteiger partial charge in [-0.25, -0.2) is 4.79 Å². The maximum atomic E-state index is 11.6. The molecule has 1 amide bonds. The lowest BCUT2D eigenvalue weighted by Crippen LogP contribution is -2.43. The van der Waals surface area contributed by atoms with E-state index in [2.05, 4.69) is 36.5 Å². The van der Waals surface area contributed by atoms with Crippen LogP contribution in [-0.4, -0.2) is 34.7 Å². The van der Waals surface area contributed by atoms with E-state index in [0.29, 0.717) is 6.42 Å². The summed E-state index contributed by atoms with van der Waals surface area (Å²) < 4.78 is 0. The van der Waals surface area contributed by atoms with Gasteiger partial charge in [0, 0.05) is 6.42 Å². The molecule has 5 heteroatoms. The molecule has 0 bridgehead atoms. The van der Waals surface area contributed by atoms with Crippen LogP contribution in [0.4, 0.5) is 0 Å². The van der Waals surface area contributed by atoms with E-state index in [1.165, 1.54) is 25.7 Å². The minimum Gasteiger partial charge on any atom is -0.480 e. The van der Waals surface area contributed by atoms with Crippen LogP contribution in [0.15, 0.2) is 24.3 Å². The number of amides is 1. The summed E-state index contributed by atoms with van der Waals surface area (Å²) in [6.07, 6.45) is 21.6. The van der Waals surface area contributed by atoms with E-state index in [1.54, 1.807) is 0 Å². The Morgan fingerprint density at radius 3 is 2.04 bits per heavy atom. The molecule has 3 N–H and O–H groups in total. The second kappa shape index (κ2) is 18.2. The fraction of sp³-hybridized carbons (Fsp3) is 0.714. The summed E-state index contributed by atoms with van der Waals surface area (Å²) in [6.45, 7) is 1.64. The van der Waals surface area contributed by atoms with E-state index in [-0.39, 0.29) is 5.91 Å². The fourth-order valence-electron chi connectivity index (χ4n) is 2.55. The summed E-state index contributed by atoms with van der Waals surface area (Å²) in [5, 5.41) is 19.9. The summed E-state index contributed by atoms with van der Waals surface area (Å²) in [6, 6.07) is -1.19. The zero-order valence-corrected chi connectivity index (χ0v) is 16.3. The highest BCUT2D eigenvalue weighted by molar-refractivity contribution is 5.83. The number of aliphatic hydroxyl groups is 1. The Hall–Kier alpha value is -1.62. The molecule has 0 aliphatic carbocycles. The first-order valence-electron chi connectivity index (χ1n) is 10.0. The predicted molar refractivity (Wildman–Crippen MR) is 106 cm³/mol. The highest BCUT2D eigenvalue weighted by Gasteiger charge is 2.17. The number of carbonyl (C=O) groups excluding carboxylic acids is 1. The average Bonchev–Trinajstić information content (AvgIpc) is 2.62. The minimum atomic E-state index is -1.21. The number of carbonyl (C=O) groups is 2. The van der Waals surface area contributed by atoms with Gasteiger partial charge in [0.1, 0.15) is 6.04 Å². The summed E-state index contributed by atoms with van der Waals surface area (Å²) in [7, 11) is 0. The van der Waals surface area contributed by atoms with Crippen LogP contribution in [-0.2, 0) is 9.59 Å². The maximum absolute atomic E-state index is 11.6. The van der Waals surface area contributed by atoms with E-state index < -0.39 is 18.6 Å². The van der Waals surface area contributed by atoms with Crippen molar-refractivity contribution in [3.63, 3.8) is 0 Å². The van der Waals surface area contributed by atoms with Crippen molar-refractivity contribution in [1.82, 2.24) is 5.32 Å². The van der Waals surface area contributed by atoms with Crippen LogP contribution in [0.3, 0.4) is 0 Å². The van der Waals surface area contributed by atoms with Gasteiger partial charge >= 0.3 is 5.97 Å². The first-order valence-corrected chi connectivity index (χ1v) is 10.0. The second-order valence-electron chi connectivity index (χ2n) is 6.62. The van der Waals surface area contributed by atoms with Gasteiger partial charge in [-0.2, -0.15) is 0 Å². The molecule has 1 atom stereocenters. The lowest BCUT2D eigenvalue weighted by molar-refractivity contribution is -0.142. The van der Waals surface area contributed by atoms with Crippen molar-refractivity contribution in [3.05, 3.63) is 24.3 Å². The molecule has 0 heterocycles. The van der Waals surface area contributed by atoms with E-state index in [0.717, 1.165) is 44.9 Å². The molecule has 0 aliphatic heterocycles. The highest BCUT2D eigenvalue weighted by Crippen LogP contribution is 2.08. The summed E-state index contributed by atoms with van der Waals surface area (Å²) in [4.78, 5) is 22.2. The van der Waals surface area contributed by atoms with Crippen LogP contribution in [0.5, 0.6) is 0 Å². The Kier molecular flexibility index (Phi) is 17.0. The van der Waals surface area contributed by atoms with Crippen molar-refractivity contribution in [2.75, 3.05) is 6.61 Å². The van der Waals surface area contributed by atoms with E-state index in [9.17, 15) is 9.59 Å². The topological polar surface area (TPSA) is 86.6 Å². The Bertz CT molecular complexity index is 418. The van der Waals surface area contributed by atoms with Gasteiger partial charge in [-0.15, -0.1) is 0 Å². The zero-order valence-electron chi connectivity index (χ0n) is 16.3. The first-order chi connectivity index (χ1) is 12.6. The van der Waals surface area contributed by atoms with E-state index in [1.807, 2.05) is 0 Å². The Morgan fingerprint density at radius 1 is 0.885 bits per heavy atom. The number of hydrogen-bond acceptors (Lipinski definition) is 3. The SMILES string of the molecule is CCCCCC=CCC=CCCCCCCCC(=O)N[C@@H](CO)C(=O)O. The molecule has 0 spiro atoms.